The first-order chi connectivity index (χ1) is 17.4. The number of esters is 1. The van der Waals surface area contributed by atoms with Crippen molar-refractivity contribution < 1.29 is 23.9 Å². The number of benzene rings is 3. The lowest BCUT2D eigenvalue weighted by molar-refractivity contribution is -0.147. The first-order valence-electron chi connectivity index (χ1n) is 11.6. The molecule has 184 valence electrons. The molecule has 7 nitrogen and oxygen atoms in total. The van der Waals surface area contributed by atoms with Crippen LogP contribution in [0, 0.1) is 5.92 Å². The minimum atomic E-state index is -0.704. The van der Waals surface area contributed by atoms with E-state index in [1.54, 1.807) is 48.5 Å². The first kappa shape index (κ1) is 25.1. The number of nitrogens with one attached hydrogen (secondary N) is 1. The van der Waals surface area contributed by atoms with E-state index in [2.05, 4.69) is 5.32 Å². The first-order valence-corrected chi connectivity index (χ1v) is 12.0. The second-order valence-electron chi connectivity index (χ2n) is 8.46. The van der Waals surface area contributed by atoms with Crippen LogP contribution in [0.1, 0.15) is 39.6 Å². The second kappa shape index (κ2) is 11.2. The van der Waals surface area contributed by atoms with Crippen molar-refractivity contribution in [3.05, 3.63) is 94.5 Å². The average molecular weight is 505 g/mol. The summed E-state index contributed by atoms with van der Waals surface area (Å²) in [6.45, 7) is 1.70. The number of amides is 2. The number of rotatable bonds is 8. The summed E-state index contributed by atoms with van der Waals surface area (Å²) in [6, 6.07) is 20.6. The van der Waals surface area contributed by atoms with Crippen LogP contribution in [-0.4, -0.2) is 36.7 Å². The third-order valence-electron chi connectivity index (χ3n) is 6.04. The molecular formula is C28H25ClN2O5. The Kier molecular flexibility index (Phi) is 7.80. The molecule has 1 heterocycles. The van der Waals surface area contributed by atoms with Gasteiger partial charge in [-0.2, -0.15) is 0 Å². The molecule has 1 aliphatic heterocycles. The summed E-state index contributed by atoms with van der Waals surface area (Å²) >= 11 is 5.83. The van der Waals surface area contributed by atoms with Crippen LogP contribution in [0.15, 0.2) is 72.8 Å². The summed E-state index contributed by atoms with van der Waals surface area (Å²) in [6.07, 6.45) is 0.746. The van der Waals surface area contributed by atoms with Crippen LogP contribution < -0.4 is 10.2 Å². The summed E-state index contributed by atoms with van der Waals surface area (Å²) in [5, 5.41) is 3.42. The quantitative estimate of drug-likeness (QED) is 0.346. The molecule has 0 radical (unpaired) electrons. The highest BCUT2D eigenvalue weighted by Crippen LogP contribution is 2.27. The Morgan fingerprint density at radius 1 is 1.00 bits per heavy atom. The van der Waals surface area contributed by atoms with Gasteiger partial charge in [0.25, 0.3) is 5.91 Å². The minimum absolute atomic E-state index is 0.0335. The molecule has 1 unspecified atom stereocenters. The predicted molar refractivity (Wildman–Crippen MR) is 137 cm³/mol. The fourth-order valence-corrected chi connectivity index (χ4v) is 4.17. The van der Waals surface area contributed by atoms with Gasteiger partial charge in [-0.25, -0.2) is 0 Å². The lowest BCUT2D eigenvalue weighted by Crippen LogP contribution is -2.27. The molecule has 1 saturated heterocycles. The van der Waals surface area contributed by atoms with E-state index in [0.717, 1.165) is 17.7 Å². The van der Waals surface area contributed by atoms with E-state index in [1.165, 1.54) is 4.90 Å². The zero-order valence-electron chi connectivity index (χ0n) is 19.7. The van der Waals surface area contributed by atoms with Crippen LogP contribution in [0.25, 0.3) is 0 Å². The van der Waals surface area contributed by atoms with E-state index < -0.39 is 18.5 Å². The zero-order chi connectivity index (χ0) is 25.7. The van der Waals surface area contributed by atoms with Crippen LogP contribution >= 0.6 is 11.6 Å². The average Bonchev–Trinajstić information content (AvgIpc) is 3.29. The van der Waals surface area contributed by atoms with Crippen LogP contribution in [-0.2, 0) is 20.7 Å². The summed E-state index contributed by atoms with van der Waals surface area (Å²) in [7, 11) is 0. The molecule has 0 aliphatic carbocycles. The largest absolute Gasteiger partial charge is 0.457 e. The Hall–Kier alpha value is -3.97. The molecule has 0 bridgehead atoms. The van der Waals surface area contributed by atoms with Crippen molar-refractivity contribution in [3.8, 4) is 0 Å². The topological polar surface area (TPSA) is 92.8 Å². The Labute approximate surface area is 214 Å². The van der Waals surface area contributed by atoms with Crippen LogP contribution in [0.2, 0.25) is 5.02 Å². The molecule has 8 heteroatoms. The number of halogens is 1. The van der Waals surface area contributed by atoms with Crippen molar-refractivity contribution in [1.82, 2.24) is 0 Å². The zero-order valence-corrected chi connectivity index (χ0v) is 20.5. The highest BCUT2D eigenvalue weighted by molar-refractivity contribution is 6.30. The summed E-state index contributed by atoms with van der Waals surface area (Å²) in [5.74, 6) is -2.22. The summed E-state index contributed by atoms with van der Waals surface area (Å²) in [4.78, 5) is 51.8. The molecule has 1 fully saturated rings. The van der Waals surface area contributed by atoms with Gasteiger partial charge in [-0.05, 0) is 60.5 Å². The molecule has 0 saturated carbocycles. The molecule has 0 aromatic heterocycles. The highest BCUT2D eigenvalue weighted by Gasteiger charge is 2.36. The second-order valence-corrected chi connectivity index (χ2v) is 8.89. The number of carbonyl (C=O) groups is 4. The van der Waals surface area contributed by atoms with Crippen molar-refractivity contribution in [2.24, 2.45) is 5.92 Å². The maximum Gasteiger partial charge on any atom is 0.311 e. The summed E-state index contributed by atoms with van der Waals surface area (Å²) in [5.41, 5.74) is 3.05. The van der Waals surface area contributed by atoms with Gasteiger partial charge in [-0.1, -0.05) is 42.8 Å². The van der Waals surface area contributed by atoms with E-state index in [9.17, 15) is 19.2 Å². The molecule has 4 rings (SSSR count). The van der Waals surface area contributed by atoms with Crippen LogP contribution in [0.3, 0.4) is 0 Å². The predicted octanol–water partition coefficient (Wildman–Crippen LogP) is 4.93. The monoisotopic (exact) mass is 504 g/mol. The Balaban J connectivity index is 1.38. The fraction of sp³-hybridized carbons (Fsp3) is 0.214. The number of nitrogens with zero attached hydrogens (tertiary/aromatic N) is 1. The smallest absolute Gasteiger partial charge is 0.311 e. The lowest BCUT2D eigenvalue weighted by Gasteiger charge is -2.17. The van der Waals surface area contributed by atoms with Crippen molar-refractivity contribution in [3.63, 3.8) is 0 Å². The van der Waals surface area contributed by atoms with E-state index in [1.807, 2.05) is 31.2 Å². The van der Waals surface area contributed by atoms with Crippen molar-refractivity contribution in [2.45, 2.75) is 19.8 Å². The molecular weight excluding hydrogens is 480 g/mol. The van der Waals surface area contributed by atoms with Gasteiger partial charge in [0, 0.05) is 40.5 Å². The summed E-state index contributed by atoms with van der Waals surface area (Å²) < 4.78 is 5.19. The third-order valence-corrected chi connectivity index (χ3v) is 6.29. The van der Waals surface area contributed by atoms with Crippen LogP contribution in [0.5, 0.6) is 0 Å². The molecule has 1 aliphatic rings. The fourth-order valence-electron chi connectivity index (χ4n) is 4.05. The van der Waals surface area contributed by atoms with E-state index in [-0.39, 0.29) is 30.6 Å². The highest BCUT2D eigenvalue weighted by atomic mass is 35.5. The number of para-hydroxylation sites is 1. The number of carbonyl (C=O) groups excluding carboxylic acids is 4. The molecule has 1 N–H and O–H groups in total. The number of ketones is 1. The van der Waals surface area contributed by atoms with Gasteiger partial charge in [0.15, 0.2) is 12.4 Å². The maximum absolute atomic E-state index is 12.9. The lowest BCUT2D eigenvalue weighted by atomic mass is 10.1. The number of aryl methyl sites for hydroxylation is 1. The van der Waals surface area contributed by atoms with Crippen molar-refractivity contribution in [1.29, 1.82) is 0 Å². The van der Waals surface area contributed by atoms with Crippen LogP contribution in [0.4, 0.5) is 11.4 Å². The van der Waals surface area contributed by atoms with Gasteiger partial charge in [-0.15, -0.1) is 0 Å². The Bertz CT molecular complexity index is 1310. The SMILES string of the molecule is CCc1ccccc1NC(=O)c1cccc(N2CC(C(=O)OCC(=O)c3ccc(Cl)cc3)CC2=O)c1. The van der Waals surface area contributed by atoms with Gasteiger partial charge >= 0.3 is 5.97 Å². The van der Waals surface area contributed by atoms with Crippen molar-refractivity contribution >= 4 is 46.5 Å². The van der Waals surface area contributed by atoms with Gasteiger partial charge in [0.1, 0.15) is 0 Å². The number of ether oxygens (including phenoxy) is 1. The van der Waals surface area contributed by atoms with E-state index >= 15 is 0 Å². The van der Waals surface area contributed by atoms with E-state index in [0.29, 0.717) is 21.8 Å². The number of anilines is 2. The molecule has 36 heavy (non-hydrogen) atoms. The van der Waals surface area contributed by atoms with Crippen molar-refractivity contribution in [2.75, 3.05) is 23.4 Å². The minimum Gasteiger partial charge on any atom is -0.457 e. The van der Waals surface area contributed by atoms with E-state index in [4.69, 9.17) is 16.3 Å². The van der Waals surface area contributed by atoms with Gasteiger partial charge in [-0.3, -0.25) is 19.2 Å². The number of hydrogen-bond acceptors (Lipinski definition) is 5. The Morgan fingerprint density at radius 3 is 2.50 bits per heavy atom. The molecule has 0 spiro atoms. The van der Waals surface area contributed by atoms with Gasteiger partial charge in [0.2, 0.25) is 5.91 Å². The molecule has 3 aromatic rings. The standard InChI is InChI=1S/C28H25ClN2O5/c1-2-18-6-3-4-9-24(18)30-27(34)20-7-5-8-23(14-20)31-16-21(15-26(31)33)28(35)36-17-25(32)19-10-12-22(29)13-11-19/h3-14,21H,2,15-17H2,1H3,(H,30,34). The van der Waals surface area contributed by atoms with Gasteiger partial charge < -0.3 is 15.0 Å². The van der Waals surface area contributed by atoms with Gasteiger partial charge in [0.05, 0.1) is 5.92 Å². The number of hydrogen-bond donors (Lipinski definition) is 1. The molecule has 2 amide bonds. The number of Topliss-reactive ketones (excluding diaryl/α,β-unsaturated/α-hetero) is 1. The normalized spacial score (nSPS) is 15.0. The molecule has 1 atom stereocenters. The molecule has 3 aromatic carbocycles. The Morgan fingerprint density at radius 2 is 1.75 bits per heavy atom. The maximum atomic E-state index is 12.9. The third kappa shape index (κ3) is 5.80.